The summed E-state index contributed by atoms with van der Waals surface area (Å²) >= 11 is 0. The molecule has 1 aliphatic carbocycles. The summed E-state index contributed by atoms with van der Waals surface area (Å²) in [5.74, 6) is 2.80. The van der Waals surface area contributed by atoms with Crippen LogP contribution in [0.3, 0.4) is 0 Å². The molecule has 3 heterocycles. The molecule has 0 unspecified atom stereocenters. The monoisotopic (exact) mass is 394 g/mol. The lowest BCUT2D eigenvalue weighted by molar-refractivity contribution is 0.0690. The van der Waals surface area contributed by atoms with Crippen molar-refractivity contribution in [3.8, 4) is 0 Å². The highest BCUT2D eigenvalue weighted by Crippen LogP contribution is 2.25. The number of hydrogen-bond donors (Lipinski definition) is 2. The quantitative estimate of drug-likeness (QED) is 0.808. The molecule has 2 fully saturated rings. The van der Waals surface area contributed by atoms with Crippen LogP contribution in [-0.4, -0.2) is 44.9 Å². The van der Waals surface area contributed by atoms with Gasteiger partial charge in [0, 0.05) is 37.1 Å². The number of hydrogen-bond acceptors (Lipinski definition) is 6. The predicted molar refractivity (Wildman–Crippen MR) is 114 cm³/mol. The number of anilines is 2. The molecule has 4 rings (SSSR count). The van der Waals surface area contributed by atoms with E-state index in [0.29, 0.717) is 23.3 Å². The van der Waals surface area contributed by atoms with Crippen LogP contribution in [0.1, 0.15) is 60.4 Å². The van der Waals surface area contributed by atoms with Gasteiger partial charge in [-0.25, -0.2) is 15.0 Å². The van der Waals surface area contributed by atoms with Crippen molar-refractivity contribution in [2.45, 2.75) is 57.9 Å². The Kier molecular flexibility index (Phi) is 5.92. The number of nitrogens with two attached hydrogens (primary N) is 1. The van der Waals surface area contributed by atoms with Crippen LogP contribution in [0.15, 0.2) is 24.4 Å². The molecule has 1 saturated heterocycles. The molecule has 29 heavy (non-hydrogen) atoms. The van der Waals surface area contributed by atoms with Crippen LogP contribution in [0.4, 0.5) is 11.6 Å². The van der Waals surface area contributed by atoms with E-state index >= 15 is 0 Å². The normalized spacial score (nSPS) is 18.2. The molecule has 3 N–H and O–H groups in total. The zero-order valence-corrected chi connectivity index (χ0v) is 17.1. The number of rotatable bonds is 5. The van der Waals surface area contributed by atoms with Gasteiger partial charge in [-0.2, -0.15) is 0 Å². The van der Waals surface area contributed by atoms with E-state index < -0.39 is 0 Å². The van der Waals surface area contributed by atoms with Gasteiger partial charge in [0.15, 0.2) is 0 Å². The number of pyridine rings is 1. The number of amides is 1. The Morgan fingerprint density at radius 1 is 1.17 bits per heavy atom. The van der Waals surface area contributed by atoms with Gasteiger partial charge in [-0.3, -0.25) is 4.79 Å². The number of aromatic nitrogens is 3. The molecule has 1 aliphatic heterocycles. The van der Waals surface area contributed by atoms with Crippen LogP contribution in [-0.2, 0) is 6.42 Å². The summed E-state index contributed by atoms with van der Waals surface area (Å²) < 4.78 is 0. The SMILES string of the molecule is Cc1nc(CC2CCN(C(=O)c3ccc(N)nc3)CC2)cc(NC2CCCC2)n1. The second kappa shape index (κ2) is 8.76. The Hall–Kier alpha value is -2.70. The molecule has 0 radical (unpaired) electrons. The largest absolute Gasteiger partial charge is 0.384 e. The topological polar surface area (TPSA) is 97.0 Å². The van der Waals surface area contributed by atoms with E-state index in [0.717, 1.165) is 49.7 Å². The maximum atomic E-state index is 12.6. The smallest absolute Gasteiger partial charge is 0.255 e. The van der Waals surface area contributed by atoms with E-state index in [1.54, 1.807) is 18.3 Å². The molecule has 0 atom stereocenters. The minimum absolute atomic E-state index is 0.0388. The minimum Gasteiger partial charge on any atom is -0.384 e. The van der Waals surface area contributed by atoms with E-state index in [9.17, 15) is 4.79 Å². The van der Waals surface area contributed by atoms with Crippen LogP contribution in [0, 0.1) is 12.8 Å². The Morgan fingerprint density at radius 2 is 1.93 bits per heavy atom. The Bertz CT molecular complexity index is 839. The maximum Gasteiger partial charge on any atom is 0.255 e. The number of nitrogens with zero attached hydrogens (tertiary/aromatic N) is 4. The maximum absolute atomic E-state index is 12.6. The second-order valence-electron chi connectivity index (χ2n) is 8.33. The number of piperidine rings is 1. The molecule has 7 heteroatoms. The number of carbonyl (C=O) groups excluding carboxylic acids is 1. The number of aryl methyl sites for hydroxylation is 1. The van der Waals surface area contributed by atoms with Crippen molar-refractivity contribution >= 4 is 17.5 Å². The molecule has 154 valence electrons. The summed E-state index contributed by atoms with van der Waals surface area (Å²) in [6, 6.07) is 6.09. The lowest BCUT2D eigenvalue weighted by Gasteiger charge is -2.32. The van der Waals surface area contributed by atoms with Crippen molar-refractivity contribution in [3.05, 3.63) is 41.5 Å². The van der Waals surface area contributed by atoms with E-state index in [1.165, 1.54) is 25.7 Å². The highest BCUT2D eigenvalue weighted by Gasteiger charge is 2.24. The third-order valence-corrected chi connectivity index (χ3v) is 6.03. The summed E-state index contributed by atoms with van der Waals surface area (Å²) in [5.41, 5.74) is 7.32. The van der Waals surface area contributed by atoms with Crippen LogP contribution < -0.4 is 11.1 Å². The van der Waals surface area contributed by atoms with Crippen LogP contribution in [0.5, 0.6) is 0 Å². The first-order chi connectivity index (χ1) is 14.1. The molecule has 1 saturated carbocycles. The number of carbonyl (C=O) groups is 1. The van der Waals surface area contributed by atoms with E-state index in [4.69, 9.17) is 5.73 Å². The molecule has 1 amide bonds. The average Bonchev–Trinajstić information content (AvgIpc) is 3.21. The molecular weight excluding hydrogens is 364 g/mol. The lowest BCUT2D eigenvalue weighted by Crippen LogP contribution is -2.39. The molecule has 0 spiro atoms. The van der Waals surface area contributed by atoms with Crippen molar-refractivity contribution in [3.63, 3.8) is 0 Å². The fourth-order valence-corrected chi connectivity index (χ4v) is 4.44. The zero-order valence-electron chi connectivity index (χ0n) is 17.1. The first kappa shape index (κ1) is 19.6. The predicted octanol–water partition coefficient (Wildman–Crippen LogP) is 3.21. The first-order valence-corrected chi connectivity index (χ1v) is 10.7. The van der Waals surface area contributed by atoms with Gasteiger partial charge in [0.05, 0.1) is 5.56 Å². The Morgan fingerprint density at radius 3 is 2.62 bits per heavy atom. The first-order valence-electron chi connectivity index (χ1n) is 10.7. The van der Waals surface area contributed by atoms with Gasteiger partial charge < -0.3 is 16.0 Å². The second-order valence-corrected chi connectivity index (χ2v) is 8.33. The van der Waals surface area contributed by atoms with Crippen molar-refractivity contribution in [1.82, 2.24) is 19.9 Å². The lowest BCUT2D eigenvalue weighted by atomic mass is 9.91. The molecule has 7 nitrogen and oxygen atoms in total. The number of likely N-dealkylation sites (tertiary alicyclic amines) is 1. The minimum atomic E-state index is 0.0388. The summed E-state index contributed by atoms with van der Waals surface area (Å²) in [4.78, 5) is 27.8. The van der Waals surface area contributed by atoms with Gasteiger partial charge in [-0.15, -0.1) is 0 Å². The number of nitrogen functional groups attached to an aromatic ring is 1. The molecule has 2 aromatic rings. The zero-order chi connectivity index (χ0) is 20.2. The van der Waals surface area contributed by atoms with Crippen molar-refractivity contribution in [2.75, 3.05) is 24.1 Å². The summed E-state index contributed by atoms with van der Waals surface area (Å²) in [6.45, 7) is 3.50. The van der Waals surface area contributed by atoms with Crippen molar-refractivity contribution in [1.29, 1.82) is 0 Å². The highest BCUT2D eigenvalue weighted by atomic mass is 16.2. The number of nitrogens with one attached hydrogen (secondary N) is 1. The summed E-state index contributed by atoms with van der Waals surface area (Å²) in [6.07, 6.45) is 9.55. The van der Waals surface area contributed by atoms with Gasteiger partial charge >= 0.3 is 0 Å². The van der Waals surface area contributed by atoms with E-state index in [2.05, 4.69) is 26.3 Å². The van der Waals surface area contributed by atoms with Gasteiger partial charge in [0.2, 0.25) is 0 Å². The van der Waals surface area contributed by atoms with E-state index in [1.807, 2.05) is 11.8 Å². The van der Waals surface area contributed by atoms with Gasteiger partial charge in [-0.1, -0.05) is 12.8 Å². The van der Waals surface area contributed by atoms with Gasteiger partial charge in [-0.05, 0) is 57.1 Å². The van der Waals surface area contributed by atoms with Crippen LogP contribution in [0.2, 0.25) is 0 Å². The highest BCUT2D eigenvalue weighted by molar-refractivity contribution is 5.94. The molecular formula is C22H30N6O. The molecule has 2 aliphatic rings. The van der Waals surface area contributed by atoms with Crippen LogP contribution in [0.25, 0.3) is 0 Å². The third kappa shape index (κ3) is 5.02. The van der Waals surface area contributed by atoms with Gasteiger partial charge in [0.1, 0.15) is 17.5 Å². The molecule has 0 bridgehead atoms. The standard InChI is InChI=1S/C22H30N6O/c1-15-25-19(13-21(26-15)27-18-4-2-3-5-18)12-16-8-10-28(11-9-16)22(29)17-6-7-20(23)24-14-17/h6-7,13-14,16,18H,2-5,8-12H2,1H3,(H2,23,24)(H,25,26,27). The van der Waals surface area contributed by atoms with E-state index in [-0.39, 0.29) is 5.91 Å². The van der Waals surface area contributed by atoms with Crippen molar-refractivity contribution in [2.24, 2.45) is 5.92 Å². The third-order valence-electron chi connectivity index (χ3n) is 6.03. The van der Waals surface area contributed by atoms with Gasteiger partial charge in [0.25, 0.3) is 5.91 Å². The Balaban J connectivity index is 1.32. The molecule has 0 aromatic carbocycles. The fraction of sp³-hybridized carbons (Fsp3) is 0.545. The van der Waals surface area contributed by atoms with Crippen LogP contribution >= 0.6 is 0 Å². The molecule has 2 aromatic heterocycles. The fourth-order valence-electron chi connectivity index (χ4n) is 4.44. The van der Waals surface area contributed by atoms with Crippen molar-refractivity contribution < 1.29 is 4.79 Å². The Labute approximate surface area is 172 Å². The average molecular weight is 395 g/mol. The summed E-state index contributed by atoms with van der Waals surface area (Å²) in [5, 5.41) is 3.58. The summed E-state index contributed by atoms with van der Waals surface area (Å²) in [7, 11) is 0.